The molecule has 0 spiro atoms. The molecule has 0 bridgehead atoms. The number of rotatable bonds is 3. The summed E-state index contributed by atoms with van der Waals surface area (Å²) in [7, 11) is 0. The van der Waals surface area contributed by atoms with Crippen LogP contribution in [0.15, 0.2) is 18.2 Å². The molecule has 0 radical (unpaired) electrons. The molecule has 1 saturated heterocycles. The van der Waals surface area contributed by atoms with E-state index in [1.54, 1.807) is 0 Å². The van der Waals surface area contributed by atoms with Gasteiger partial charge in [-0.2, -0.15) is 0 Å². The average Bonchev–Trinajstić information content (AvgIpc) is 3.06. The Labute approximate surface area is 138 Å². The van der Waals surface area contributed by atoms with Gasteiger partial charge in [0.1, 0.15) is 0 Å². The van der Waals surface area contributed by atoms with Gasteiger partial charge in [0.2, 0.25) is 5.91 Å². The van der Waals surface area contributed by atoms with Gasteiger partial charge in [-0.15, -0.1) is 0 Å². The van der Waals surface area contributed by atoms with Crippen molar-refractivity contribution in [2.24, 2.45) is 0 Å². The molecule has 3 rings (SSSR count). The molecule has 0 atom stereocenters. The Morgan fingerprint density at radius 1 is 1.18 bits per heavy atom. The standard InChI is InChI=1S/C18H25ClN2O/c1-14-5-4-6-15(18(14)19)13-17(22)21-11-9-20(10-12-21)16-7-2-3-8-16/h4-6,16H,2-3,7-13H2,1H3. The molecule has 1 amide bonds. The van der Waals surface area contributed by atoms with Crippen molar-refractivity contribution in [3.8, 4) is 0 Å². The second kappa shape index (κ2) is 7.01. The SMILES string of the molecule is Cc1cccc(CC(=O)N2CCN(C3CCCC3)CC2)c1Cl. The number of hydrogen-bond acceptors (Lipinski definition) is 2. The Morgan fingerprint density at radius 2 is 1.86 bits per heavy atom. The molecule has 0 N–H and O–H groups in total. The molecular weight excluding hydrogens is 296 g/mol. The fourth-order valence-corrected chi connectivity index (χ4v) is 3.92. The van der Waals surface area contributed by atoms with Crippen LogP contribution in [0.1, 0.15) is 36.8 Å². The first-order valence-corrected chi connectivity index (χ1v) is 8.79. The van der Waals surface area contributed by atoms with Crippen molar-refractivity contribution in [3.05, 3.63) is 34.3 Å². The van der Waals surface area contributed by atoms with Crippen LogP contribution in [0.2, 0.25) is 5.02 Å². The van der Waals surface area contributed by atoms with E-state index >= 15 is 0 Å². The van der Waals surface area contributed by atoms with Gasteiger partial charge >= 0.3 is 0 Å². The molecule has 0 unspecified atom stereocenters. The van der Waals surface area contributed by atoms with E-state index in [-0.39, 0.29) is 5.91 Å². The molecule has 1 heterocycles. The highest BCUT2D eigenvalue weighted by Gasteiger charge is 2.27. The summed E-state index contributed by atoms with van der Waals surface area (Å²) in [4.78, 5) is 17.1. The number of carbonyl (C=O) groups is 1. The molecule has 1 saturated carbocycles. The van der Waals surface area contributed by atoms with Crippen LogP contribution in [0, 0.1) is 6.92 Å². The van der Waals surface area contributed by atoms with Crippen LogP contribution in [0.25, 0.3) is 0 Å². The molecule has 22 heavy (non-hydrogen) atoms. The number of benzene rings is 1. The lowest BCUT2D eigenvalue weighted by atomic mass is 10.1. The van der Waals surface area contributed by atoms with Crippen LogP contribution in [0.5, 0.6) is 0 Å². The summed E-state index contributed by atoms with van der Waals surface area (Å²) in [6, 6.07) is 6.68. The van der Waals surface area contributed by atoms with Gasteiger partial charge in [0.15, 0.2) is 0 Å². The van der Waals surface area contributed by atoms with Gasteiger partial charge in [0.05, 0.1) is 6.42 Å². The smallest absolute Gasteiger partial charge is 0.227 e. The normalized spacial score (nSPS) is 20.5. The second-order valence-corrected chi connectivity index (χ2v) is 6.96. The fraction of sp³-hybridized carbons (Fsp3) is 0.611. The zero-order valence-corrected chi connectivity index (χ0v) is 14.1. The van der Waals surface area contributed by atoms with E-state index in [9.17, 15) is 4.79 Å². The third kappa shape index (κ3) is 3.47. The molecule has 120 valence electrons. The highest BCUT2D eigenvalue weighted by Crippen LogP contribution is 2.25. The van der Waals surface area contributed by atoms with Gasteiger partial charge in [-0.05, 0) is 30.9 Å². The van der Waals surface area contributed by atoms with Gasteiger partial charge in [0.25, 0.3) is 0 Å². The lowest BCUT2D eigenvalue weighted by Crippen LogP contribution is -2.51. The van der Waals surface area contributed by atoms with Crippen LogP contribution in [0.4, 0.5) is 0 Å². The molecular formula is C18H25ClN2O. The molecule has 3 nitrogen and oxygen atoms in total. The summed E-state index contributed by atoms with van der Waals surface area (Å²) in [6.45, 7) is 5.75. The molecule has 0 aromatic heterocycles. The fourth-order valence-electron chi connectivity index (χ4n) is 3.73. The monoisotopic (exact) mass is 320 g/mol. The van der Waals surface area contributed by atoms with Crippen molar-refractivity contribution in [1.82, 2.24) is 9.80 Å². The van der Waals surface area contributed by atoms with E-state index in [0.29, 0.717) is 6.42 Å². The maximum atomic E-state index is 12.5. The highest BCUT2D eigenvalue weighted by atomic mass is 35.5. The summed E-state index contributed by atoms with van der Waals surface area (Å²) in [6.07, 6.45) is 5.84. The van der Waals surface area contributed by atoms with Gasteiger partial charge in [-0.25, -0.2) is 0 Å². The lowest BCUT2D eigenvalue weighted by Gasteiger charge is -2.38. The van der Waals surface area contributed by atoms with Crippen molar-refractivity contribution in [2.75, 3.05) is 26.2 Å². The maximum Gasteiger partial charge on any atom is 0.227 e. The Kier molecular flexibility index (Phi) is 5.04. The number of halogens is 1. The third-order valence-electron chi connectivity index (χ3n) is 5.12. The number of carbonyl (C=O) groups excluding carboxylic acids is 1. The highest BCUT2D eigenvalue weighted by molar-refractivity contribution is 6.32. The van der Waals surface area contributed by atoms with E-state index in [2.05, 4.69) is 4.90 Å². The first-order valence-electron chi connectivity index (χ1n) is 8.41. The van der Waals surface area contributed by atoms with Crippen LogP contribution in [-0.2, 0) is 11.2 Å². The minimum absolute atomic E-state index is 0.207. The van der Waals surface area contributed by atoms with Gasteiger partial charge in [-0.3, -0.25) is 9.69 Å². The molecule has 1 aliphatic heterocycles. The summed E-state index contributed by atoms with van der Waals surface area (Å²) in [5.41, 5.74) is 1.99. The summed E-state index contributed by atoms with van der Waals surface area (Å²) < 4.78 is 0. The second-order valence-electron chi connectivity index (χ2n) is 6.58. The molecule has 1 aromatic carbocycles. The zero-order chi connectivity index (χ0) is 15.5. The van der Waals surface area contributed by atoms with Crippen LogP contribution < -0.4 is 0 Å². The van der Waals surface area contributed by atoms with Crippen LogP contribution in [0.3, 0.4) is 0 Å². The molecule has 1 aliphatic carbocycles. The summed E-state index contributed by atoms with van der Waals surface area (Å²) in [5, 5.41) is 0.737. The quantitative estimate of drug-likeness (QED) is 0.853. The van der Waals surface area contributed by atoms with Crippen molar-refractivity contribution < 1.29 is 4.79 Å². The van der Waals surface area contributed by atoms with Crippen molar-refractivity contribution in [2.45, 2.75) is 45.1 Å². The van der Waals surface area contributed by atoms with E-state index in [1.165, 1.54) is 25.7 Å². The first kappa shape index (κ1) is 15.8. The number of aryl methyl sites for hydroxylation is 1. The number of amides is 1. The van der Waals surface area contributed by atoms with E-state index in [1.807, 2.05) is 30.0 Å². The molecule has 1 aromatic rings. The Hall–Kier alpha value is -1.06. The predicted molar refractivity (Wildman–Crippen MR) is 90.3 cm³/mol. The molecule has 2 fully saturated rings. The Morgan fingerprint density at radius 3 is 2.55 bits per heavy atom. The van der Waals surface area contributed by atoms with Gasteiger partial charge in [-0.1, -0.05) is 42.6 Å². The van der Waals surface area contributed by atoms with Gasteiger partial charge in [0, 0.05) is 37.2 Å². The summed E-state index contributed by atoms with van der Waals surface area (Å²) >= 11 is 6.31. The molecule has 4 heteroatoms. The van der Waals surface area contributed by atoms with Crippen molar-refractivity contribution in [1.29, 1.82) is 0 Å². The van der Waals surface area contributed by atoms with Crippen LogP contribution in [-0.4, -0.2) is 47.9 Å². The van der Waals surface area contributed by atoms with Crippen LogP contribution >= 0.6 is 11.6 Å². The number of piperazine rings is 1. The number of nitrogens with zero attached hydrogens (tertiary/aromatic N) is 2. The maximum absolute atomic E-state index is 12.5. The largest absolute Gasteiger partial charge is 0.340 e. The average molecular weight is 321 g/mol. The van der Waals surface area contributed by atoms with Gasteiger partial charge < -0.3 is 4.90 Å². The van der Waals surface area contributed by atoms with E-state index < -0.39 is 0 Å². The van der Waals surface area contributed by atoms with E-state index in [4.69, 9.17) is 11.6 Å². The van der Waals surface area contributed by atoms with Crippen molar-refractivity contribution in [3.63, 3.8) is 0 Å². The summed E-state index contributed by atoms with van der Waals surface area (Å²) in [5.74, 6) is 0.207. The third-order valence-corrected chi connectivity index (χ3v) is 5.66. The Balaban J connectivity index is 1.54. The minimum Gasteiger partial charge on any atom is -0.340 e. The lowest BCUT2D eigenvalue weighted by molar-refractivity contribution is -0.132. The predicted octanol–water partition coefficient (Wildman–Crippen LogP) is 3.28. The first-order chi connectivity index (χ1) is 10.6. The molecule has 2 aliphatic rings. The Bertz CT molecular complexity index is 532. The minimum atomic E-state index is 0.207. The number of hydrogen-bond donors (Lipinski definition) is 0. The zero-order valence-electron chi connectivity index (χ0n) is 13.4. The topological polar surface area (TPSA) is 23.6 Å². The van der Waals surface area contributed by atoms with E-state index in [0.717, 1.165) is 48.4 Å². The van der Waals surface area contributed by atoms with Crippen molar-refractivity contribution >= 4 is 17.5 Å².